The number of aromatic hydroxyl groups is 2. The molecule has 14 rings (SSSR count). The van der Waals surface area contributed by atoms with E-state index in [1.807, 2.05) is 49.4 Å². The van der Waals surface area contributed by atoms with Crippen LogP contribution in [0.15, 0.2) is 262 Å². The second-order valence-electron chi connectivity index (χ2n) is 30.4. The molecule has 55 heteroatoms. The number of thiazole rings is 1. The summed E-state index contributed by atoms with van der Waals surface area (Å²) in [7, 11) is -1.94. The zero-order chi connectivity index (χ0) is 109. The number of phenols is 2. The van der Waals surface area contributed by atoms with Crippen molar-refractivity contribution in [3.05, 3.63) is 276 Å². The van der Waals surface area contributed by atoms with Crippen LogP contribution in [0.4, 0.5) is 23.0 Å². The Bertz CT molecular complexity index is 7080. The molecule has 0 spiro atoms. The summed E-state index contributed by atoms with van der Waals surface area (Å²) in [6.07, 6.45) is 14.8. The van der Waals surface area contributed by atoms with Gasteiger partial charge in [-0.2, -0.15) is 15.3 Å². The smallest absolute Gasteiger partial charge is 0.543 e. The number of nitro groups is 1. The van der Waals surface area contributed by atoms with Crippen molar-refractivity contribution in [2.24, 2.45) is 25.3 Å². The van der Waals surface area contributed by atoms with Gasteiger partial charge < -0.3 is 69.9 Å². The molecule has 12 aromatic rings. The maximum absolute atomic E-state index is 12.6. The van der Waals surface area contributed by atoms with Crippen molar-refractivity contribution >= 4 is 194 Å². The Morgan fingerprint density at radius 1 is 0.673 bits per heavy atom. The Morgan fingerprint density at radius 2 is 1.25 bits per heavy atom. The molecule has 2 aliphatic heterocycles. The number of carbonyl (C=O) groups excluding carboxylic acids is 7. The van der Waals surface area contributed by atoms with Gasteiger partial charge in [0.15, 0.2) is 33.9 Å². The molecule has 0 radical (unpaired) electrons. The third-order valence-electron chi connectivity index (χ3n) is 19.4. The number of ether oxygens (including phenoxy) is 5. The van der Waals surface area contributed by atoms with Gasteiger partial charge in [0.2, 0.25) is 23.6 Å². The van der Waals surface area contributed by atoms with E-state index in [0.29, 0.717) is 90.4 Å². The number of aromatic nitrogens is 11. The van der Waals surface area contributed by atoms with Crippen LogP contribution in [0.3, 0.4) is 0 Å². The number of aliphatic imine (C=N–C) groups is 2. The number of rotatable bonds is 37. The number of nitrogens with zero attached hydrogens (tertiary/aromatic N) is 18. The molecule has 1 fully saturated rings. The third kappa shape index (κ3) is 41.6. The van der Waals surface area contributed by atoms with Gasteiger partial charge in [-0.15, -0.1) is 50.2 Å². The number of β-lactam (4-membered cyclic amide) rings is 1. The average molecular weight is 2230 g/mol. The SMILES string of the molecule is CCC(=O)N/N=C(\C)Cn1nnc([N+](=O)[O-])n1.CCOC(=O)/C=C/C(=O)Nc1ccc(S(=O)(=O)Cc2nccs2)cc1.CCc1ccc(C=Nc2ccc(S(C)(=O)=O)cc2)cc1.CNC(=O)CSCc1ccc(Cl)cc1.COc1ccc(O)c(/C=N/N=C/c2cc(OC)ccc2O)c1.COc1ccc(OC)c(C=Nc2ccc(S(C)(=O)=O)cc2)c1.Cc1nnc(SCC2=C(C(=O)[O-])N3C(=O)[C@@H](NC(=O)Cn4cnnn4)[C@H]3SC2)s1.[Na+]. The summed E-state index contributed by atoms with van der Waals surface area (Å²) >= 11 is 12.8. The Labute approximate surface area is 910 Å². The minimum Gasteiger partial charge on any atom is -0.543 e. The fraction of sp³-hybridized carbons (Fsp3) is 0.253. The number of carboxylic acid groups (broad SMARTS) is 1. The number of esters is 1. The first-order valence-electron chi connectivity index (χ1n) is 43.9. The fourth-order valence-corrected chi connectivity index (χ4v) is 19.6. The van der Waals surface area contributed by atoms with Crippen LogP contribution in [-0.2, 0) is 98.8 Å². The number of aliphatic carboxylic acids is 1. The molecule has 0 bridgehead atoms. The molecule has 6 N–H and O–H groups in total. The van der Waals surface area contributed by atoms with E-state index in [1.165, 1.54) is 161 Å². The number of aryl methyl sites for hydroxylation is 2. The van der Waals surface area contributed by atoms with Crippen LogP contribution in [0, 0.1) is 17.0 Å². The van der Waals surface area contributed by atoms with E-state index in [1.54, 1.807) is 151 Å². The van der Waals surface area contributed by atoms with Gasteiger partial charge in [-0.1, -0.05) is 89.7 Å². The molecule has 0 unspecified atom stereocenters. The van der Waals surface area contributed by atoms with Gasteiger partial charge in [-0.05, 0) is 204 Å². The van der Waals surface area contributed by atoms with E-state index in [9.17, 15) is 84.2 Å². The quantitative estimate of drug-likeness (QED) is 0.00315. The number of nitrogens with one attached hydrogen (secondary N) is 4. The van der Waals surface area contributed by atoms with Crippen LogP contribution in [0.25, 0.3) is 0 Å². The van der Waals surface area contributed by atoms with Crippen LogP contribution >= 0.6 is 69.6 Å². The number of hydrazone groups is 1. The molecule has 6 heterocycles. The van der Waals surface area contributed by atoms with Crippen molar-refractivity contribution in [3.8, 4) is 34.5 Å². The van der Waals surface area contributed by atoms with Gasteiger partial charge in [0, 0.05) is 112 Å². The zero-order valence-corrected chi connectivity index (χ0v) is 92.1. The monoisotopic (exact) mass is 2230 g/mol. The van der Waals surface area contributed by atoms with Gasteiger partial charge in [0.25, 0.3) is 5.91 Å². The number of phenolic OH excluding ortho intramolecular Hbond substituents is 2. The molecule has 5 amide bonds. The number of hydrogen-bond acceptors (Lipinski definition) is 42. The second-order valence-corrected chi connectivity index (χ2v) is 42.3. The number of sulfone groups is 3. The Kier molecular flexibility index (Phi) is 50.8. The van der Waals surface area contributed by atoms with E-state index >= 15 is 0 Å². The summed E-state index contributed by atoms with van der Waals surface area (Å²) < 4.78 is 97.3. The minimum atomic E-state index is -3.50. The molecule has 0 aliphatic carbocycles. The van der Waals surface area contributed by atoms with Gasteiger partial charge in [0.05, 0.1) is 107 Å². The molecule has 0 saturated carbocycles. The topological polar surface area (TPSA) is 614 Å². The number of thioether (sulfide) groups is 3. The number of anilines is 1. The maximum atomic E-state index is 12.6. The second kappa shape index (κ2) is 62.2. The van der Waals surface area contributed by atoms with Crippen LogP contribution in [0.2, 0.25) is 5.02 Å². The van der Waals surface area contributed by atoms with Crippen molar-refractivity contribution in [1.82, 2.24) is 76.6 Å². The van der Waals surface area contributed by atoms with E-state index < -0.39 is 81.5 Å². The van der Waals surface area contributed by atoms with Crippen molar-refractivity contribution in [3.63, 3.8) is 0 Å². The number of fused-ring (bicyclic) bond motifs is 1. The largest absolute Gasteiger partial charge is 1.00 e. The summed E-state index contributed by atoms with van der Waals surface area (Å²) in [6, 6.07) is 48.7. The van der Waals surface area contributed by atoms with Crippen molar-refractivity contribution in [2.45, 2.75) is 102 Å². The normalized spacial score (nSPS) is 13.1. The Morgan fingerprint density at radius 3 is 1.76 bits per heavy atom. The zero-order valence-electron chi connectivity index (χ0n) is 82.8. The molecule has 1 saturated heterocycles. The van der Waals surface area contributed by atoms with Crippen LogP contribution < -0.4 is 75.0 Å². The summed E-state index contributed by atoms with van der Waals surface area (Å²) in [5, 5.41) is 92.5. The molecule has 150 heavy (non-hydrogen) atoms. The molecule has 786 valence electrons. The minimum absolute atomic E-state index is 0. The maximum Gasteiger partial charge on any atom is 1.00 e. The van der Waals surface area contributed by atoms with E-state index in [0.717, 1.165) is 60.3 Å². The summed E-state index contributed by atoms with van der Waals surface area (Å²) in [6.45, 7) is 9.14. The molecule has 8 aromatic carbocycles. The van der Waals surface area contributed by atoms with Crippen molar-refractivity contribution in [1.29, 1.82) is 0 Å². The van der Waals surface area contributed by atoms with Gasteiger partial charge in [-0.25, -0.2) is 45.1 Å². The van der Waals surface area contributed by atoms with Crippen LogP contribution in [0.5, 0.6) is 34.5 Å². The summed E-state index contributed by atoms with van der Waals surface area (Å²) in [4.78, 5) is 106. The molecule has 45 nitrogen and oxygen atoms in total. The number of hydrogen-bond donors (Lipinski definition) is 6. The van der Waals surface area contributed by atoms with E-state index in [4.69, 9.17) is 30.5 Å². The predicted octanol–water partition coefficient (Wildman–Crippen LogP) is 7.84. The van der Waals surface area contributed by atoms with Gasteiger partial charge >= 0.3 is 41.5 Å². The molecular weight excluding hydrogens is 2130 g/mol. The first-order chi connectivity index (χ1) is 71.1. The Balaban J connectivity index is 0.000000239. The number of methoxy groups -OCH3 is 4. The molecular formula is C95H102ClN22NaO23S8. The number of carbonyl (C=O) groups is 7. The number of amides is 5. The van der Waals surface area contributed by atoms with Crippen LogP contribution in [-0.4, -0.2) is 256 Å². The van der Waals surface area contributed by atoms with E-state index in [-0.39, 0.29) is 93.8 Å². The fourth-order valence-electron chi connectivity index (χ4n) is 11.8. The van der Waals surface area contributed by atoms with Crippen LogP contribution in [0.1, 0.15) is 77.5 Å². The first-order valence-corrected chi connectivity index (χ1v) is 54.6. The summed E-state index contributed by atoms with van der Waals surface area (Å²) in [5.74, 6) is 0.466. The number of carboxylic acids is 1. The average Bonchev–Trinajstić information content (AvgIpc) is 0.748. The van der Waals surface area contributed by atoms with Gasteiger partial charge in [0.1, 0.15) is 81.1 Å². The van der Waals surface area contributed by atoms with Gasteiger partial charge in [-0.3, -0.25) is 38.9 Å². The molecule has 2 aliphatic rings. The predicted molar refractivity (Wildman–Crippen MR) is 565 cm³/mol. The van der Waals surface area contributed by atoms with E-state index in [2.05, 4.69) is 117 Å². The molecule has 4 aromatic heterocycles. The standard InChI is InChI=1S/C16H16N2O5S2.C16H16N2O4.C16H17NO4S.C16H17NO2S.C14H14N8O4S3.C10H12ClNOS.C7H11N7O3.Na/c1-2-23-16(20)8-7-14(19)18-12-3-5-13(6-4-12)25(21,22)11-15-17-9-10-24-15;1-21-13-3-5-15(19)11(7-13)9-17-18-10-12-8-14(22-2)4-6-16(12)20;1-20-14-6-9-16(21-2)12(10-14)11-17-13-4-7-15(8-5-13)22(3,18)19;1-3-13-4-6-14(7-5-13)12-17-15-8-10-16(11-9-15)20(2,18)19;1-6-17-18-14(29-6)28-4-7-3-27-12-9(11(24)22(12)10(7)13(25)26)16-8(23)2-21-5-15-19-20-21;1-12-10(13)7-14-6-8-2-4-9(11)5-3-8;1-3-6(15)9-8-5(2)4-13-11-7(10-12-13)14(16)17;/h3-10H,2,11H2,1H3,(H,18,19);3-10,19-20H,1-2H3;4-11H,1-3H3;4-12H,3H2,1-2H3;5,9,12H,2-4H2,1H3,(H,16,23)(H,25,26);2-5H,6-7H2,1H3,(H,12,13);3-4H2,1-2H3,(H,9,15);/q;;;;;;;+1/p-1/b8-7+;17-9+,18-10+;;;;;8-5+;/t;;;;9-,12-;;;/m....1.../s1. The number of benzene rings is 8. The third-order valence-corrected chi connectivity index (χ3v) is 28.9. The number of halogens is 1. The van der Waals surface area contributed by atoms with Crippen molar-refractivity contribution < 1.29 is 132 Å². The Hall–Kier alpha value is -14.4. The first kappa shape index (κ1) is 123. The van der Waals surface area contributed by atoms with Crippen molar-refractivity contribution in [2.75, 3.05) is 77.2 Å². The summed E-state index contributed by atoms with van der Waals surface area (Å²) in [5.41, 5.74) is 10.3. The number of tetrazole rings is 2. The molecule has 2 atom stereocenters.